The molecule has 1 aromatic heterocycles. The van der Waals surface area contributed by atoms with Gasteiger partial charge in [-0.3, -0.25) is 0 Å². The average molecular weight is 257 g/mol. The minimum absolute atomic E-state index is 0.239. The normalized spacial score (nSPS) is 10.5. The Bertz CT molecular complexity index is 597. The van der Waals surface area contributed by atoms with Gasteiger partial charge in [0.15, 0.2) is 0 Å². The average Bonchev–Trinajstić information content (AvgIpc) is 2.39. The molecule has 19 heavy (non-hydrogen) atoms. The summed E-state index contributed by atoms with van der Waals surface area (Å²) in [6.07, 6.45) is 1.50. The molecule has 0 aliphatic heterocycles. The molecule has 1 aromatic carbocycles. The van der Waals surface area contributed by atoms with Crippen LogP contribution in [0.25, 0.3) is 0 Å². The Hall–Kier alpha value is -2.43. The number of hydrogen-bond acceptors (Lipinski definition) is 4. The van der Waals surface area contributed by atoms with Crippen molar-refractivity contribution in [2.24, 2.45) is 0 Å². The zero-order chi connectivity index (χ0) is 13.8. The predicted molar refractivity (Wildman–Crippen MR) is 72.8 cm³/mol. The second-order valence-electron chi connectivity index (χ2n) is 4.49. The second-order valence-corrected chi connectivity index (χ2v) is 4.49. The van der Waals surface area contributed by atoms with E-state index in [9.17, 15) is 4.79 Å². The van der Waals surface area contributed by atoms with Crippen molar-refractivity contribution in [2.75, 3.05) is 5.32 Å². The summed E-state index contributed by atoms with van der Waals surface area (Å²) < 4.78 is 0. The summed E-state index contributed by atoms with van der Waals surface area (Å²) in [4.78, 5) is 19.2. The van der Waals surface area contributed by atoms with Crippen molar-refractivity contribution in [3.05, 3.63) is 47.9 Å². The zero-order valence-electron chi connectivity index (χ0n) is 10.8. The maximum Gasteiger partial charge on any atom is 0.335 e. The van der Waals surface area contributed by atoms with Gasteiger partial charge in [0.05, 0.1) is 5.56 Å². The fourth-order valence-electron chi connectivity index (χ4n) is 1.63. The zero-order valence-corrected chi connectivity index (χ0v) is 10.8. The molecular formula is C14H15N3O2. The maximum absolute atomic E-state index is 10.9. The molecule has 2 N–H and O–H groups in total. The standard InChI is InChI=1S/C14H15N3O2/c1-9(2)12-7-13(16-8-15-12)17-11-5-3-4-10(6-11)14(18)19/h3-9H,1-2H3,(H,18,19)(H,15,16,17). The Labute approximate surface area is 111 Å². The highest BCUT2D eigenvalue weighted by Crippen LogP contribution is 2.18. The lowest BCUT2D eigenvalue weighted by atomic mass is 10.1. The number of nitrogens with zero attached hydrogens (tertiary/aromatic N) is 2. The van der Waals surface area contributed by atoms with Gasteiger partial charge < -0.3 is 10.4 Å². The van der Waals surface area contributed by atoms with Crippen LogP contribution < -0.4 is 5.32 Å². The van der Waals surface area contributed by atoms with Gasteiger partial charge >= 0.3 is 5.97 Å². The van der Waals surface area contributed by atoms with Gasteiger partial charge in [0, 0.05) is 17.4 Å². The highest BCUT2D eigenvalue weighted by Gasteiger charge is 2.05. The molecule has 2 aromatic rings. The first-order chi connectivity index (χ1) is 9.06. The number of carboxylic acid groups (broad SMARTS) is 1. The molecule has 0 atom stereocenters. The second kappa shape index (κ2) is 5.48. The van der Waals surface area contributed by atoms with Crippen molar-refractivity contribution in [3.8, 4) is 0 Å². The topological polar surface area (TPSA) is 75.1 Å². The van der Waals surface area contributed by atoms with E-state index in [0.29, 0.717) is 17.4 Å². The molecule has 5 heteroatoms. The molecule has 98 valence electrons. The fraction of sp³-hybridized carbons (Fsp3) is 0.214. The summed E-state index contributed by atoms with van der Waals surface area (Å²) in [5, 5.41) is 12.0. The molecule has 0 amide bonds. The monoisotopic (exact) mass is 257 g/mol. The number of rotatable bonds is 4. The van der Waals surface area contributed by atoms with E-state index in [-0.39, 0.29) is 5.56 Å². The number of carboxylic acids is 1. The van der Waals surface area contributed by atoms with E-state index in [0.717, 1.165) is 5.69 Å². The van der Waals surface area contributed by atoms with Crippen LogP contribution in [0.4, 0.5) is 11.5 Å². The Balaban J connectivity index is 2.23. The van der Waals surface area contributed by atoms with Gasteiger partial charge in [-0.2, -0.15) is 0 Å². The molecule has 0 saturated heterocycles. The molecule has 0 unspecified atom stereocenters. The van der Waals surface area contributed by atoms with Crippen molar-refractivity contribution in [2.45, 2.75) is 19.8 Å². The SMILES string of the molecule is CC(C)c1cc(Nc2cccc(C(=O)O)c2)ncn1. The molecular weight excluding hydrogens is 242 g/mol. The number of aromatic carboxylic acids is 1. The first-order valence-corrected chi connectivity index (χ1v) is 5.98. The van der Waals surface area contributed by atoms with Gasteiger partial charge in [-0.1, -0.05) is 19.9 Å². The van der Waals surface area contributed by atoms with E-state index in [1.165, 1.54) is 6.33 Å². The molecule has 0 bridgehead atoms. The molecule has 0 aliphatic rings. The van der Waals surface area contributed by atoms with Crippen LogP contribution >= 0.6 is 0 Å². The molecule has 2 rings (SSSR count). The Morgan fingerprint density at radius 2 is 2.05 bits per heavy atom. The summed E-state index contributed by atoms with van der Waals surface area (Å²) in [5.74, 6) is 0.0179. The first kappa shape index (κ1) is 13.0. The van der Waals surface area contributed by atoms with E-state index >= 15 is 0 Å². The fourth-order valence-corrected chi connectivity index (χ4v) is 1.63. The minimum atomic E-state index is -0.950. The molecule has 0 radical (unpaired) electrons. The summed E-state index contributed by atoms with van der Waals surface area (Å²) >= 11 is 0. The maximum atomic E-state index is 10.9. The van der Waals surface area contributed by atoms with Crippen LogP contribution in [0.1, 0.15) is 35.8 Å². The molecule has 1 heterocycles. The lowest BCUT2D eigenvalue weighted by Gasteiger charge is -2.09. The Morgan fingerprint density at radius 3 is 2.74 bits per heavy atom. The lowest BCUT2D eigenvalue weighted by molar-refractivity contribution is 0.0697. The predicted octanol–water partition coefficient (Wildman–Crippen LogP) is 3.04. The lowest BCUT2D eigenvalue weighted by Crippen LogP contribution is -2.00. The van der Waals surface area contributed by atoms with Crippen molar-refractivity contribution in [3.63, 3.8) is 0 Å². The van der Waals surface area contributed by atoms with E-state index in [2.05, 4.69) is 29.1 Å². The third-order valence-electron chi connectivity index (χ3n) is 2.66. The Kier molecular flexibility index (Phi) is 3.75. The quantitative estimate of drug-likeness (QED) is 0.880. The van der Waals surface area contributed by atoms with E-state index in [4.69, 9.17) is 5.11 Å². The number of anilines is 2. The van der Waals surface area contributed by atoms with E-state index in [1.54, 1.807) is 24.3 Å². The summed E-state index contributed by atoms with van der Waals surface area (Å²) in [6, 6.07) is 8.46. The number of hydrogen-bond donors (Lipinski definition) is 2. The highest BCUT2D eigenvalue weighted by molar-refractivity contribution is 5.89. The van der Waals surface area contributed by atoms with Crippen LogP contribution in [0, 0.1) is 0 Å². The first-order valence-electron chi connectivity index (χ1n) is 5.98. The van der Waals surface area contributed by atoms with Crippen molar-refractivity contribution >= 4 is 17.5 Å². The van der Waals surface area contributed by atoms with Crippen LogP contribution in [-0.2, 0) is 0 Å². The summed E-state index contributed by atoms with van der Waals surface area (Å²) in [6.45, 7) is 4.11. The van der Waals surface area contributed by atoms with Gasteiger partial charge in [0.1, 0.15) is 12.1 Å². The van der Waals surface area contributed by atoms with Crippen LogP contribution in [0.5, 0.6) is 0 Å². The van der Waals surface area contributed by atoms with Crippen LogP contribution in [0.15, 0.2) is 36.7 Å². The number of aromatic nitrogens is 2. The van der Waals surface area contributed by atoms with Gasteiger partial charge in [-0.15, -0.1) is 0 Å². The highest BCUT2D eigenvalue weighted by atomic mass is 16.4. The largest absolute Gasteiger partial charge is 0.478 e. The number of carbonyl (C=O) groups is 1. The van der Waals surface area contributed by atoms with Crippen molar-refractivity contribution in [1.82, 2.24) is 9.97 Å². The molecule has 0 fully saturated rings. The van der Waals surface area contributed by atoms with Crippen molar-refractivity contribution < 1.29 is 9.90 Å². The van der Waals surface area contributed by atoms with Gasteiger partial charge in [-0.05, 0) is 24.1 Å². The molecule has 0 spiro atoms. The number of benzene rings is 1. The van der Waals surface area contributed by atoms with Gasteiger partial charge in [0.25, 0.3) is 0 Å². The molecule has 0 saturated carbocycles. The summed E-state index contributed by atoms with van der Waals surface area (Å²) in [7, 11) is 0. The van der Waals surface area contributed by atoms with Crippen LogP contribution in [0.3, 0.4) is 0 Å². The van der Waals surface area contributed by atoms with Gasteiger partial charge in [-0.25, -0.2) is 14.8 Å². The summed E-state index contributed by atoms with van der Waals surface area (Å²) in [5.41, 5.74) is 1.86. The number of nitrogens with one attached hydrogen (secondary N) is 1. The van der Waals surface area contributed by atoms with Crippen LogP contribution in [0.2, 0.25) is 0 Å². The molecule has 5 nitrogen and oxygen atoms in total. The van der Waals surface area contributed by atoms with E-state index < -0.39 is 5.97 Å². The Morgan fingerprint density at radius 1 is 1.26 bits per heavy atom. The third kappa shape index (κ3) is 3.28. The smallest absolute Gasteiger partial charge is 0.335 e. The third-order valence-corrected chi connectivity index (χ3v) is 2.66. The molecule has 0 aliphatic carbocycles. The van der Waals surface area contributed by atoms with Crippen LogP contribution in [-0.4, -0.2) is 21.0 Å². The van der Waals surface area contributed by atoms with E-state index in [1.807, 2.05) is 6.07 Å². The van der Waals surface area contributed by atoms with Crippen molar-refractivity contribution in [1.29, 1.82) is 0 Å². The minimum Gasteiger partial charge on any atom is -0.478 e. The van der Waals surface area contributed by atoms with Gasteiger partial charge in [0.2, 0.25) is 0 Å².